The molecule has 0 bridgehead atoms. The van der Waals surface area contributed by atoms with E-state index in [1.54, 1.807) is 6.07 Å². The summed E-state index contributed by atoms with van der Waals surface area (Å²) in [5, 5.41) is 3.69. The van der Waals surface area contributed by atoms with Crippen LogP contribution in [0.1, 0.15) is 55.8 Å². The molecule has 0 saturated carbocycles. The van der Waals surface area contributed by atoms with E-state index in [4.69, 9.17) is 0 Å². The van der Waals surface area contributed by atoms with E-state index < -0.39 is 19.8 Å². The molecule has 0 fully saturated rings. The van der Waals surface area contributed by atoms with Gasteiger partial charge in [0.05, 0.1) is 19.7 Å². The zero-order valence-corrected chi connectivity index (χ0v) is 18.3. The normalized spacial score (nSPS) is 20.4. The molecule has 1 N–H and O–H groups in total. The molecule has 2 atom stereocenters. The van der Waals surface area contributed by atoms with Gasteiger partial charge in [-0.05, 0) is 46.7 Å². The Morgan fingerprint density at radius 2 is 1.64 bits per heavy atom. The van der Waals surface area contributed by atoms with Crippen molar-refractivity contribution in [3.63, 3.8) is 0 Å². The standard InChI is InChI=1S/C23H30F3NSi/c1-22(2,3)28(4,5)15-17-13-21(16-9-7-6-8-10-16)27-20-12-11-18(14-19(17)20)23(24,25)26/h6-12,14,17,21,27H,13,15H2,1-5H3/t17?,21-/m0/s1. The zero-order chi connectivity index (χ0) is 20.7. The van der Waals surface area contributed by atoms with Gasteiger partial charge >= 0.3 is 6.18 Å². The first-order valence-electron chi connectivity index (χ1n) is 9.91. The van der Waals surface area contributed by atoms with Gasteiger partial charge < -0.3 is 5.32 Å². The molecular weight excluding hydrogens is 375 g/mol. The summed E-state index contributed by atoms with van der Waals surface area (Å²) in [6.45, 7) is 11.5. The molecule has 3 rings (SSSR count). The van der Waals surface area contributed by atoms with Crippen LogP contribution in [0.25, 0.3) is 0 Å². The van der Waals surface area contributed by atoms with E-state index in [9.17, 15) is 13.2 Å². The van der Waals surface area contributed by atoms with Gasteiger partial charge in [0.15, 0.2) is 0 Å². The Bertz CT molecular complexity index is 822. The Labute approximate surface area is 167 Å². The second-order valence-corrected chi connectivity index (χ2v) is 15.4. The Kier molecular flexibility index (Phi) is 5.43. The maximum atomic E-state index is 13.3. The van der Waals surface area contributed by atoms with E-state index in [0.29, 0.717) is 0 Å². The summed E-state index contributed by atoms with van der Waals surface area (Å²) >= 11 is 0. The smallest absolute Gasteiger partial charge is 0.378 e. The molecule has 5 heteroatoms. The molecule has 152 valence electrons. The molecule has 1 nitrogen and oxygen atoms in total. The Morgan fingerprint density at radius 1 is 1.00 bits per heavy atom. The number of nitrogens with one attached hydrogen (secondary N) is 1. The van der Waals surface area contributed by atoms with Crippen LogP contribution in [0, 0.1) is 0 Å². The van der Waals surface area contributed by atoms with E-state index >= 15 is 0 Å². The van der Waals surface area contributed by atoms with Crippen LogP contribution in [0.5, 0.6) is 0 Å². The fraction of sp³-hybridized carbons (Fsp3) is 0.478. The van der Waals surface area contributed by atoms with Crippen molar-refractivity contribution >= 4 is 13.8 Å². The molecule has 0 aromatic heterocycles. The van der Waals surface area contributed by atoms with E-state index in [1.165, 1.54) is 17.7 Å². The van der Waals surface area contributed by atoms with E-state index in [1.807, 2.05) is 18.2 Å². The predicted molar refractivity (Wildman–Crippen MR) is 114 cm³/mol. The fourth-order valence-corrected chi connectivity index (χ4v) is 6.12. The van der Waals surface area contributed by atoms with Crippen molar-refractivity contribution in [2.24, 2.45) is 0 Å². The van der Waals surface area contributed by atoms with Gasteiger partial charge in [0.2, 0.25) is 0 Å². The van der Waals surface area contributed by atoms with Gasteiger partial charge in [-0.15, -0.1) is 0 Å². The summed E-state index contributed by atoms with van der Waals surface area (Å²) in [4.78, 5) is 0. The SMILES string of the molecule is CC(C)(C)[Si](C)(C)CC1C[C@@H](c2ccccc2)Nc2ccc(C(F)(F)F)cc21. The maximum absolute atomic E-state index is 13.3. The molecule has 1 aliphatic rings. The van der Waals surface area contributed by atoms with Crippen molar-refractivity contribution in [1.29, 1.82) is 0 Å². The lowest BCUT2D eigenvalue weighted by atomic mass is 9.84. The molecule has 2 aromatic rings. The van der Waals surface area contributed by atoms with Gasteiger partial charge in [-0.25, -0.2) is 0 Å². The molecule has 28 heavy (non-hydrogen) atoms. The summed E-state index contributed by atoms with van der Waals surface area (Å²) in [7, 11) is -1.66. The highest BCUT2D eigenvalue weighted by molar-refractivity contribution is 6.80. The van der Waals surface area contributed by atoms with Crippen LogP contribution in [0.2, 0.25) is 24.2 Å². The number of hydrogen-bond acceptors (Lipinski definition) is 1. The van der Waals surface area contributed by atoms with Crippen molar-refractivity contribution in [1.82, 2.24) is 0 Å². The number of fused-ring (bicyclic) bond motifs is 1. The number of anilines is 1. The summed E-state index contributed by atoms with van der Waals surface area (Å²) in [6.07, 6.45) is -3.49. The number of hydrogen-bond donors (Lipinski definition) is 1. The van der Waals surface area contributed by atoms with Crippen molar-refractivity contribution < 1.29 is 13.2 Å². The minimum absolute atomic E-state index is 0.125. The lowest BCUT2D eigenvalue weighted by Gasteiger charge is -2.42. The largest absolute Gasteiger partial charge is 0.416 e. The van der Waals surface area contributed by atoms with Crippen LogP contribution in [-0.4, -0.2) is 8.07 Å². The molecule has 2 aromatic carbocycles. The number of halogens is 3. The third-order valence-electron chi connectivity index (χ3n) is 6.66. The highest BCUT2D eigenvalue weighted by Crippen LogP contribution is 2.49. The second kappa shape index (κ2) is 7.25. The molecule has 1 heterocycles. The molecule has 0 aliphatic carbocycles. The van der Waals surface area contributed by atoms with E-state index in [0.717, 1.165) is 23.7 Å². The molecule has 0 amide bonds. The van der Waals surface area contributed by atoms with E-state index in [-0.39, 0.29) is 17.0 Å². The first-order chi connectivity index (χ1) is 12.9. The van der Waals surface area contributed by atoms with Crippen LogP contribution in [-0.2, 0) is 6.18 Å². The van der Waals surface area contributed by atoms with Crippen molar-refractivity contribution in [3.05, 3.63) is 65.2 Å². The average Bonchev–Trinajstić information content (AvgIpc) is 2.60. The average molecular weight is 406 g/mol. The highest BCUT2D eigenvalue weighted by Gasteiger charge is 2.40. The second-order valence-electron chi connectivity index (χ2n) is 9.68. The van der Waals surface area contributed by atoms with Gasteiger partial charge in [-0.1, -0.05) is 70.2 Å². The van der Waals surface area contributed by atoms with Gasteiger partial charge in [0.1, 0.15) is 0 Å². The third-order valence-corrected chi connectivity index (χ3v) is 12.2. The Morgan fingerprint density at radius 3 is 2.21 bits per heavy atom. The molecule has 0 saturated heterocycles. The first kappa shape index (κ1) is 21.0. The van der Waals surface area contributed by atoms with Crippen LogP contribution >= 0.6 is 0 Å². The third kappa shape index (κ3) is 4.29. The summed E-state index contributed by atoms with van der Waals surface area (Å²) in [6, 6.07) is 15.5. The minimum atomic E-state index is -4.31. The quantitative estimate of drug-likeness (QED) is 0.513. The molecule has 0 radical (unpaired) electrons. The monoisotopic (exact) mass is 405 g/mol. The highest BCUT2D eigenvalue weighted by atomic mass is 28.3. The summed E-state index contributed by atoms with van der Waals surface area (Å²) in [5.74, 6) is 0.129. The van der Waals surface area contributed by atoms with Crippen LogP contribution < -0.4 is 5.32 Å². The number of rotatable bonds is 3. The van der Waals surface area contributed by atoms with Crippen molar-refractivity contribution in [3.8, 4) is 0 Å². The lowest BCUT2D eigenvalue weighted by Crippen LogP contribution is -2.39. The topological polar surface area (TPSA) is 12.0 Å². The zero-order valence-electron chi connectivity index (χ0n) is 17.3. The van der Waals surface area contributed by atoms with Crippen LogP contribution in [0.4, 0.5) is 18.9 Å². The van der Waals surface area contributed by atoms with Gasteiger partial charge in [-0.3, -0.25) is 0 Å². The molecule has 1 aliphatic heterocycles. The first-order valence-corrected chi connectivity index (χ1v) is 13.1. The maximum Gasteiger partial charge on any atom is 0.416 e. The summed E-state index contributed by atoms with van der Waals surface area (Å²) in [5.41, 5.74) is 2.31. The fourth-order valence-electron chi connectivity index (χ4n) is 3.89. The van der Waals surface area contributed by atoms with Gasteiger partial charge in [0, 0.05) is 5.69 Å². The van der Waals surface area contributed by atoms with Crippen LogP contribution in [0.3, 0.4) is 0 Å². The molecule has 0 spiro atoms. The van der Waals surface area contributed by atoms with E-state index in [2.05, 4.69) is 51.3 Å². The van der Waals surface area contributed by atoms with Gasteiger partial charge in [-0.2, -0.15) is 13.2 Å². The minimum Gasteiger partial charge on any atom is -0.378 e. The van der Waals surface area contributed by atoms with Gasteiger partial charge in [0.25, 0.3) is 0 Å². The molecular formula is C23H30F3NSi. The lowest BCUT2D eigenvalue weighted by molar-refractivity contribution is -0.137. The Hall–Kier alpha value is -1.75. The molecule has 1 unspecified atom stereocenters. The Balaban J connectivity index is 2.02. The predicted octanol–water partition coefficient (Wildman–Crippen LogP) is 7.85. The van der Waals surface area contributed by atoms with Crippen LogP contribution in [0.15, 0.2) is 48.5 Å². The summed E-state index contributed by atoms with van der Waals surface area (Å²) < 4.78 is 40.0. The number of alkyl halides is 3. The number of benzene rings is 2. The van der Waals surface area contributed by atoms with Crippen molar-refractivity contribution in [2.45, 2.75) is 69.5 Å². The van der Waals surface area contributed by atoms with Crippen molar-refractivity contribution in [2.75, 3.05) is 5.32 Å².